The van der Waals surface area contributed by atoms with Crippen molar-refractivity contribution in [2.45, 2.75) is 18.8 Å². The van der Waals surface area contributed by atoms with Gasteiger partial charge in [0.25, 0.3) is 0 Å². The highest BCUT2D eigenvalue weighted by molar-refractivity contribution is 9.10. The van der Waals surface area contributed by atoms with Crippen molar-refractivity contribution in [3.8, 4) is 0 Å². The molecule has 2 unspecified atom stereocenters. The summed E-state index contributed by atoms with van der Waals surface area (Å²) >= 11 is 3.44. The van der Waals surface area contributed by atoms with E-state index < -0.39 is 12.2 Å². The predicted molar refractivity (Wildman–Crippen MR) is 65.8 cm³/mol. The molecule has 1 fully saturated rings. The zero-order valence-electron chi connectivity index (χ0n) is 8.81. The molecule has 1 aromatic carbocycles. The van der Waals surface area contributed by atoms with Crippen molar-refractivity contribution in [3.05, 3.63) is 28.2 Å². The van der Waals surface area contributed by atoms with Crippen molar-refractivity contribution < 1.29 is 10.2 Å². The molecule has 88 valence electrons. The van der Waals surface area contributed by atoms with Crippen LogP contribution in [0.25, 0.3) is 0 Å². The summed E-state index contributed by atoms with van der Waals surface area (Å²) in [6.45, 7) is 1.69. The van der Waals surface area contributed by atoms with E-state index in [9.17, 15) is 10.2 Å². The van der Waals surface area contributed by atoms with Crippen LogP contribution >= 0.6 is 15.9 Å². The molecular weight excluding hydrogens is 272 g/mol. The van der Waals surface area contributed by atoms with Gasteiger partial charge >= 0.3 is 0 Å². The first kappa shape index (κ1) is 11.9. The lowest BCUT2D eigenvalue weighted by Crippen LogP contribution is -2.22. The molecule has 4 nitrogen and oxygen atoms in total. The van der Waals surface area contributed by atoms with Gasteiger partial charge in [-0.2, -0.15) is 0 Å². The van der Waals surface area contributed by atoms with Crippen molar-refractivity contribution >= 4 is 21.6 Å². The van der Waals surface area contributed by atoms with Gasteiger partial charge in [-0.05, 0) is 27.6 Å². The van der Waals surface area contributed by atoms with Crippen molar-refractivity contribution in [3.63, 3.8) is 0 Å². The van der Waals surface area contributed by atoms with Gasteiger partial charge in [0.05, 0.1) is 12.2 Å². The number of hydrogen-bond acceptors (Lipinski definition) is 4. The molecule has 0 bridgehead atoms. The Morgan fingerprint density at radius 2 is 1.94 bits per heavy atom. The quantitative estimate of drug-likeness (QED) is 0.696. The first-order chi connectivity index (χ1) is 7.58. The predicted octanol–water partition coefficient (Wildman–Crippen LogP) is 0.569. The van der Waals surface area contributed by atoms with Crippen molar-refractivity contribution in [1.29, 1.82) is 0 Å². The highest BCUT2D eigenvalue weighted by Gasteiger charge is 2.29. The van der Waals surface area contributed by atoms with Gasteiger partial charge in [0.2, 0.25) is 0 Å². The molecular formula is C11H15BrN2O2. The largest absolute Gasteiger partial charge is 0.398 e. The van der Waals surface area contributed by atoms with E-state index in [2.05, 4.69) is 15.9 Å². The highest BCUT2D eigenvalue weighted by atomic mass is 79.9. The van der Waals surface area contributed by atoms with Crippen LogP contribution in [-0.2, 0) is 6.54 Å². The summed E-state index contributed by atoms with van der Waals surface area (Å²) in [7, 11) is 0. The van der Waals surface area contributed by atoms with Crippen LogP contribution in [-0.4, -0.2) is 40.4 Å². The number of benzene rings is 1. The minimum absolute atomic E-state index is 0.502. The summed E-state index contributed by atoms with van der Waals surface area (Å²) in [4.78, 5) is 2.01. The van der Waals surface area contributed by atoms with Crippen molar-refractivity contribution in [2.24, 2.45) is 0 Å². The van der Waals surface area contributed by atoms with Gasteiger partial charge in [-0.15, -0.1) is 0 Å². The van der Waals surface area contributed by atoms with Gasteiger partial charge in [-0.25, -0.2) is 0 Å². The number of aliphatic hydroxyl groups excluding tert-OH is 2. The van der Waals surface area contributed by atoms with Crippen LogP contribution in [0.2, 0.25) is 0 Å². The molecule has 0 spiro atoms. The van der Waals surface area contributed by atoms with E-state index in [-0.39, 0.29) is 0 Å². The molecule has 2 atom stereocenters. The number of nitrogens with two attached hydrogens (primary N) is 1. The first-order valence-corrected chi connectivity index (χ1v) is 5.98. The molecule has 0 aromatic heterocycles. The lowest BCUT2D eigenvalue weighted by molar-refractivity contribution is 0.0572. The monoisotopic (exact) mass is 286 g/mol. The molecule has 0 aliphatic carbocycles. The fourth-order valence-corrected chi connectivity index (χ4v) is 2.33. The van der Waals surface area contributed by atoms with Gasteiger partial charge in [0.1, 0.15) is 0 Å². The number of anilines is 1. The molecule has 1 aliphatic rings. The number of rotatable bonds is 2. The summed E-state index contributed by atoms with van der Waals surface area (Å²) in [6, 6.07) is 5.72. The fourth-order valence-electron chi connectivity index (χ4n) is 1.94. The average molecular weight is 287 g/mol. The zero-order chi connectivity index (χ0) is 11.7. The van der Waals surface area contributed by atoms with E-state index in [0.29, 0.717) is 25.3 Å². The molecule has 1 aromatic rings. The number of nitrogen functional groups attached to an aromatic ring is 1. The van der Waals surface area contributed by atoms with Crippen molar-refractivity contribution in [1.82, 2.24) is 4.90 Å². The second-order valence-electron chi connectivity index (χ2n) is 4.15. The topological polar surface area (TPSA) is 69.7 Å². The SMILES string of the molecule is Nc1cccc(CN2CC(O)C(O)C2)c1Br. The standard InChI is InChI=1S/C11H15BrN2O2/c12-11-7(2-1-3-8(11)13)4-14-5-9(15)10(16)6-14/h1-3,9-10,15-16H,4-6,13H2. The Bertz CT molecular complexity index is 376. The minimum atomic E-state index is -0.639. The van der Waals surface area contributed by atoms with Crippen LogP contribution in [0.4, 0.5) is 5.69 Å². The van der Waals surface area contributed by atoms with E-state index in [0.717, 1.165) is 10.0 Å². The Kier molecular flexibility index (Phi) is 3.49. The molecule has 4 N–H and O–H groups in total. The zero-order valence-corrected chi connectivity index (χ0v) is 10.4. The minimum Gasteiger partial charge on any atom is -0.398 e. The fraction of sp³-hybridized carbons (Fsp3) is 0.455. The Hall–Kier alpha value is -0.620. The van der Waals surface area contributed by atoms with E-state index in [1.807, 2.05) is 23.1 Å². The maximum atomic E-state index is 9.44. The van der Waals surface area contributed by atoms with Crippen LogP contribution in [0.1, 0.15) is 5.56 Å². The van der Waals surface area contributed by atoms with E-state index in [1.54, 1.807) is 0 Å². The Morgan fingerprint density at radius 1 is 1.31 bits per heavy atom. The summed E-state index contributed by atoms with van der Waals surface area (Å²) in [6.07, 6.45) is -1.28. The van der Waals surface area contributed by atoms with Gasteiger partial charge in [-0.1, -0.05) is 12.1 Å². The second-order valence-corrected chi connectivity index (χ2v) is 4.94. The molecule has 1 saturated heterocycles. The van der Waals surface area contributed by atoms with Gasteiger partial charge in [0.15, 0.2) is 0 Å². The molecule has 0 saturated carbocycles. The molecule has 0 amide bonds. The number of halogens is 1. The molecule has 1 aliphatic heterocycles. The number of β-amino-alcohol motifs (C(OH)–C–C–N with tert-alkyl or cyclic N) is 2. The molecule has 0 radical (unpaired) electrons. The van der Waals surface area contributed by atoms with Crippen LogP contribution in [0.3, 0.4) is 0 Å². The summed E-state index contributed by atoms with van der Waals surface area (Å²) in [5.41, 5.74) is 7.56. The lowest BCUT2D eigenvalue weighted by Gasteiger charge is -2.16. The van der Waals surface area contributed by atoms with E-state index in [4.69, 9.17) is 5.73 Å². The number of nitrogens with zero attached hydrogens (tertiary/aromatic N) is 1. The smallest absolute Gasteiger partial charge is 0.0938 e. The second kappa shape index (κ2) is 4.71. The van der Waals surface area contributed by atoms with Gasteiger partial charge < -0.3 is 15.9 Å². The van der Waals surface area contributed by atoms with Crippen LogP contribution in [0.15, 0.2) is 22.7 Å². The Balaban J connectivity index is 2.08. The Labute approximate surface area is 103 Å². The lowest BCUT2D eigenvalue weighted by atomic mass is 10.2. The molecule has 16 heavy (non-hydrogen) atoms. The normalized spacial score (nSPS) is 26.2. The third kappa shape index (κ3) is 2.38. The maximum Gasteiger partial charge on any atom is 0.0938 e. The third-order valence-electron chi connectivity index (χ3n) is 2.84. The van der Waals surface area contributed by atoms with Gasteiger partial charge in [-0.3, -0.25) is 4.90 Å². The van der Waals surface area contributed by atoms with E-state index in [1.165, 1.54) is 0 Å². The maximum absolute atomic E-state index is 9.44. The number of likely N-dealkylation sites (tertiary alicyclic amines) is 1. The molecule has 1 heterocycles. The number of hydrogen-bond donors (Lipinski definition) is 3. The van der Waals surface area contributed by atoms with Crippen LogP contribution < -0.4 is 5.73 Å². The Morgan fingerprint density at radius 3 is 2.56 bits per heavy atom. The average Bonchev–Trinajstić information content (AvgIpc) is 2.54. The summed E-state index contributed by atoms with van der Waals surface area (Å²) in [5, 5.41) is 18.9. The molecule has 5 heteroatoms. The summed E-state index contributed by atoms with van der Waals surface area (Å²) < 4.78 is 0.894. The van der Waals surface area contributed by atoms with Crippen LogP contribution in [0.5, 0.6) is 0 Å². The third-order valence-corrected chi connectivity index (χ3v) is 3.80. The summed E-state index contributed by atoms with van der Waals surface area (Å²) in [5.74, 6) is 0. The first-order valence-electron chi connectivity index (χ1n) is 5.19. The number of aliphatic hydroxyl groups is 2. The van der Waals surface area contributed by atoms with Crippen molar-refractivity contribution in [2.75, 3.05) is 18.8 Å². The molecule has 2 rings (SSSR count). The van der Waals surface area contributed by atoms with E-state index >= 15 is 0 Å². The van der Waals surface area contributed by atoms with Crippen LogP contribution in [0, 0.1) is 0 Å². The van der Waals surface area contributed by atoms with Gasteiger partial charge in [0, 0.05) is 29.8 Å². The highest BCUT2D eigenvalue weighted by Crippen LogP contribution is 2.26.